The maximum Gasteiger partial charge on any atom is 0.126 e. The highest BCUT2D eigenvalue weighted by molar-refractivity contribution is 5.31. The first-order chi connectivity index (χ1) is 11.2. The lowest BCUT2D eigenvalue weighted by atomic mass is 9.81. The highest BCUT2D eigenvalue weighted by atomic mass is 19.1. The van der Waals surface area contributed by atoms with Crippen LogP contribution >= 0.6 is 0 Å². The number of aryl methyl sites for hydroxylation is 3. The standard InChI is InChI=1S/C21H24F2/c1-2-3-15-4-7-17(21(23)13-15)8-5-16-6-9-19-14-20(22)11-10-18(19)12-16/h4,7,10-11,13-14,16H,2-3,5-6,8-9,12H2,1H3. The SMILES string of the molecule is CCCc1ccc(CCC2CCc3cc(F)ccc3C2)c(F)c1. The minimum Gasteiger partial charge on any atom is -0.207 e. The van der Waals surface area contributed by atoms with Gasteiger partial charge in [-0.3, -0.25) is 0 Å². The van der Waals surface area contributed by atoms with Crippen molar-refractivity contribution < 1.29 is 8.78 Å². The van der Waals surface area contributed by atoms with Crippen molar-refractivity contribution in [1.29, 1.82) is 0 Å². The van der Waals surface area contributed by atoms with Crippen molar-refractivity contribution in [1.82, 2.24) is 0 Å². The minimum atomic E-state index is -0.142. The molecule has 2 heteroatoms. The lowest BCUT2D eigenvalue weighted by Crippen LogP contribution is -2.15. The van der Waals surface area contributed by atoms with Gasteiger partial charge in [-0.15, -0.1) is 0 Å². The van der Waals surface area contributed by atoms with E-state index in [-0.39, 0.29) is 11.6 Å². The van der Waals surface area contributed by atoms with Crippen LogP contribution in [-0.2, 0) is 25.7 Å². The molecule has 0 bridgehead atoms. The van der Waals surface area contributed by atoms with Crippen LogP contribution in [0.25, 0.3) is 0 Å². The fraction of sp³-hybridized carbons (Fsp3) is 0.429. The number of hydrogen-bond donors (Lipinski definition) is 0. The molecule has 0 heterocycles. The fourth-order valence-corrected chi connectivity index (χ4v) is 3.64. The van der Waals surface area contributed by atoms with Crippen molar-refractivity contribution in [2.24, 2.45) is 5.92 Å². The molecule has 2 aromatic rings. The van der Waals surface area contributed by atoms with Crippen molar-refractivity contribution in [3.8, 4) is 0 Å². The predicted molar refractivity (Wildman–Crippen MR) is 90.6 cm³/mol. The zero-order valence-electron chi connectivity index (χ0n) is 13.7. The summed E-state index contributed by atoms with van der Waals surface area (Å²) in [4.78, 5) is 0. The average Bonchev–Trinajstić information content (AvgIpc) is 2.54. The van der Waals surface area contributed by atoms with E-state index in [0.29, 0.717) is 5.92 Å². The minimum absolute atomic E-state index is 0.0609. The third kappa shape index (κ3) is 3.99. The molecule has 0 radical (unpaired) electrons. The second kappa shape index (κ2) is 7.25. The van der Waals surface area contributed by atoms with Crippen molar-refractivity contribution in [3.05, 3.63) is 70.3 Å². The molecule has 0 saturated carbocycles. The van der Waals surface area contributed by atoms with E-state index in [9.17, 15) is 8.78 Å². The van der Waals surface area contributed by atoms with E-state index in [1.54, 1.807) is 18.2 Å². The fourth-order valence-electron chi connectivity index (χ4n) is 3.64. The second-order valence-corrected chi connectivity index (χ2v) is 6.74. The van der Waals surface area contributed by atoms with Gasteiger partial charge in [0.25, 0.3) is 0 Å². The van der Waals surface area contributed by atoms with Crippen LogP contribution in [0.4, 0.5) is 8.78 Å². The van der Waals surface area contributed by atoms with Crippen LogP contribution in [0.3, 0.4) is 0 Å². The van der Waals surface area contributed by atoms with Gasteiger partial charge in [0, 0.05) is 0 Å². The number of rotatable bonds is 5. The van der Waals surface area contributed by atoms with E-state index < -0.39 is 0 Å². The Morgan fingerprint density at radius 3 is 2.65 bits per heavy atom. The molecule has 0 nitrogen and oxygen atoms in total. The summed E-state index contributed by atoms with van der Waals surface area (Å²) in [5.41, 5.74) is 4.33. The molecule has 0 N–H and O–H groups in total. The van der Waals surface area contributed by atoms with E-state index >= 15 is 0 Å². The molecule has 0 aromatic heterocycles. The van der Waals surface area contributed by atoms with Crippen LogP contribution in [0.2, 0.25) is 0 Å². The van der Waals surface area contributed by atoms with E-state index in [4.69, 9.17) is 0 Å². The topological polar surface area (TPSA) is 0 Å². The zero-order chi connectivity index (χ0) is 16.2. The van der Waals surface area contributed by atoms with Crippen LogP contribution in [0.1, 0.15) is 48.4 Å². The van der Waals surface area contributed by atoms with Gasteiger partial charge in [0.05, 0.1) is 0 Å². The van der Waals surface area contributed by atoms with Crippen molar-refractivity contribution in [2.45, 2.75) is 51.9 Å². The Morgan fingerprint density at radius 2 is 1.87 bits per heavy atom. The summed E-state index contributed by atoms with van der Waals surface area (Å²) < 4.78 is 27.4. The van der Waals surface area contributed by atoms with Crippen LogP contribution in [0.5, 0.6) is 0 Å². The van der Waals surface area contributed by atoms with Gasteiger partial charge in [-0.1, -0.05) is 31.5 Å². The molecule has 2 aromatic carbocycles. The summed E-state index contributed by atoms with van der Waals surface area (Å²) >= 11 is 0. The molecule has 1 aliphatic carbocycles. The summed E-state index contributed by atoms with van der Waals surface area (Å²) in [6.07, 6.45) is 6.78. The largest absolute Gasteiger partial charge is 0.207 e. The summed E-state index contributed by atoms with van der Waals surface area (Å²) in [5.74, 6) is 0.369. The maximum atomic E-state index is 14.2. The highest BCUT2D eigenvalue weighted by Gasteiger charge is 2.19. The Labute approximate surface area is 137 Å². The van der Waals surface area contributed by atoms with E-state index in [0.717, 1.165) is 61.6 Å². The van der Waals surface area contributed by atoms with Gasteiger partial charge in [-0.05, 0) is 84.9 Å². The van der Waals surface area contributed by atoms with Crippen LogP contribution in [-0.4, -0.2) is 0 Å². The Hall–Kier alpha value is -1.70. The molecule has 3 rings (SSSR count). The molecule has 1 unspecified atom stereocenters. The Balaban J connectivity index is 1.60. The third-order valence-corrected chi connectivity index (χ3v) is 4.98. The number of halogens is 2. The number of hydrogen-bond acceptors (Lipinski definition) is 0. The lowest BCUT2D eigenvalue weighted by molar-refractivity contribution is 0.422. The number of fused-ring (bicyclic) bond motifs is 1. The van der Waals surface area contributed by atoms with Gasteiger partial charge < -0.3 is 0 Å². The van der Waals surface area contributed by atoms with Gasteiger partial charge >= 0.3 is 0 Å². The number of benzene rings is 2. The van der Waals surface area contributed by atoms with Gasteiger partial charge in [0.15, 0.2) is 0 Å². The Morgan fingerprint density at radius 1 is 1.00 bits per heavy atom. The average molecular weight is 314 g/mol. The molecular weight excluding hydrogens is 290 g/mol. The predicted octanol–water partition coefficient (Wildman–Crippen LogP) is 5.66. The molecule has 0 saturated heterocycles. The first kappa shape index (κ1) is 16.2. The third-order valence-electron chi connectivity index (χ3n) is 4.98. The van der Waals surface area contributed by atoms with Crippen LogP contribution in [0, 0.1) is 17.6 Å². The molecule has 0 aliphatic heterocycles. The van der Waals surface area contributed by atoms with Crippen LogP contribution < -0.4 is 0 Å². The van der Waals surface area contributed by atoms with Gasteiger partial charge in [-0.2, -0.15) is 0 Å². The zero-order valence-corrected chi connectivity index (χ0v) is 13.7. The molecule has 122 valence electrons. The molecule has 0 fully saturated rings. The van der Waals surface area contributed by atoms with Crippen molar-refractivity contribution in [2.75, 3.05) is 0 Å². The van der Waals surface area contributed by atoms with Gasteiger partial charge in [-0.25, -0.2) is 8.78 Å². The van der Waals surface area contributed by atoms with E-state index in [1.165, 1.54) is 5.56 Å². The Bertz CT molecular complexity index is 676. The first-order valence-corrected chi connectivity index (χ1v) is 8.70. The second-order valence-electron chi connectivity index (χ2n) is 6.74. The lowest BCUT2D eigenvalue weighted by Gasteiger charge is -2.24. The monoisotopic (exact) mass is 314 g/mol. The molecule has 0 spiro atoms. The quantitative estimate of drug-likeness (QED) is 0.668. The first-order valence-electron chi connectivity index (χ1n) is 8.70. The Kier molecular flexibility index (Phi) is 5.09. The molecular formula is C21H24F2. The summed E-state index contributed by atoms with van der Waals surface area (Å²) in [6.45, 7) is 2.11. The summed E-state index contributed by atoms with van der Waals surface area (Å²) in [5, 5.41) is 0. The summed E-state index contributed by atoms with van der Waals surface area (Å²) in [6, 6.07) is 10.8. The highest BCUT2D eigenvalue weighted by Crippen LogP contribution is 2.29. The van der Waals surface area contributed by atoms with Gasteiger partial charge in [0.1, 0.15) is 11.6 Å². The van der Waals surface area contributed by atoms with Gasteiger partial charge in [0.2, 0.25) is 0 Å². The normalized spacial score (nSPS) is 17.1. The van der Waals surface area contributed by atoms with E-state index in [1.807, 2.05) is 12.1 Å². The smallest absolute Gasteiger partial charge is 0.126 e. The molecule has 1 aliphatic rings. The van der Waals surface area contributed by atoms with Crippen LogP contribution in [0.15, 0.2) is 36.4 Å². The summed E-state index contributed by atoms with van der Waals surface area (Å²) in [7, 11) is 0. The maximum absolute atomic E-state index is 14.2. The van der Waals surface area contributed by atoms with Crippen molar-refractivity contribution >= 4 is 0 Å². The molecule has 23 heavy (non-hydrogen) atoms. The van der Waals surface area contributed by atoms with E-state index in [2.05, 4.69) is 13.0 Å². The molecule has 0 amide bonds. The van der Waals surface area contributed by atoms with Crippen molar-refractivity contribution in [3.63, 3.8) is 0 Å². The molecule has 1 atom stereocenters.